The number of aryl methyl sites for hydroxylation is 1. The SMILES string of the molecule is O=C(O)CCc1ccc(COc2ccccc2)cc1C(=O)NC1(c2ccc3ccccc3c2)CCOCC1. The Labute approximate surface area is 222 Å². The minimum absolute atomic E-state index is 0.0518. The van der Waals surface area contributed by atoms with Crippen LogP contribution in [0.15, 0.2) is 91.0 Å². The van der Waals surface area contributed by atoms with E-state index in [1.165, 1.54) is 0 Å². The molecular weight excluding hydrogens is 478 g/mol. The fourth-order valence-electron chi connectivity index (χ4n) is 5.05. The standard InChI is InChI=1S/C32H31NO5/c34-30(35)15-13-25-11-10-23(22-38-28-8-2-1-3-9-28)20-29(25)31(36)33-32(16-18-37-19-17-32)27-14-12-24-6-4-5-7-26(24)21-27/h1-12,14,20-21H,13,15-19,22H2,(H,33,36)(H,34,35). The van der Waals surface area contributed by atoms with E-state index in [0.29, 0.717) is 43.8 Å². The highest BCUT2D eigenvalue weighted by Crippen LogP contribution is 2.34. The van der Waals surface area contributed by atoms with Crippen molar-refractivity contribution in [3.05, 3.63) is 113 Å². The number of carbonyl (C=O) groups excluding carboxylic acids is 1. The van der Waals surface area contributed by atoms with E-state index in [2.05, 4.69) is 35.6 Å². The van der Waals surface area contributed by atoms with E-state index in [1.54, 1.807) is 0 Å². The lowest BCUT2D eigenvalue weighted by molar-refractivity contribution is -0.136. The zero-order valence-electron chi connectivity index (χ0n) is 21.2. The number of ether oxygens (including phenoxy) is 2. The first-order valence-corrected chi connectivity index (χ1v) is 12.9. The van der Waals surface area contributed by atoms with Crippen LogP contribution < -0.4 is 10.1 Å². The molecule has 1 amide bonds. The minimum atomic E-state index is -0.898. The maximum atomic E-state index is 13.9. The Morgan fingerprint density at radius 1 is 0.868 bits per heavy atom. The number of fused-ring (bicyclic) bond motifs is 1. The van der Waals surface area contributed by atoms with E-state index >= 15 is 0 Å². The van der Waals surface area contributed by atoms with Crippen molar-refractivity contribution in [2.24, 2.45) is 0 Å². The summed E-state index contributed by atoms with van der Waals surface area (Å²) in [5, 5.41) is 14.9. The summed E-state index contributed by atoms with van der Waals surface area (Å²) in [7, 11) is 0. The Morgan fingerprint density at radius 2 is 1.61 bits per heavy atom. The van der Waals surface area contributed by atoms with E-state index in [-0.39, 0.29) is 18.7 Å². The zero-order chi connectivity index (χ0) is 26.4. The van der Waals surface area contributed by atoms with Gasteiger partial charge in [-0.15, -0.1) is 0 Å². The molecule has 6 nitrogen and oxygen atoms in total. The van der Waals surface area contributed by atoms with Crippen LogP contribution in [0.5, 0.6) is 5.75 Å². The van der Waals surface area contributed by atoms with Gasteiger partial charge in [-0.25, -0.2) is 0 Å². The molecule has 5 rings (SSSR count). The molecule has 0 bridgehead atoms. The van der Waals surface area contributed by atoms with Crippen LogP contribution in [0, 0.1) is 0 Å². The fraction of sp³-hybridized carbons (Fsp3) is 0.250. The average Bonchev–Trinajstić information content (AvgIpc) is 2.96. The van der Waals surface area contributed by atoms with Crippen LogP contribution in [0.2, 0.25) is 0 Å². The lowest BCUT2D eigenvalue weighted by Crippen LogP contribution is -2.49. The van der Waals surface area contributed by atoms with E-state index in [4.69, 9.17) is 9.47 Å². The zero-order valence-corrected chi connectivity index (χ0v) is 21.2. The number of rotatable bonds is 9. The first-order valence-electron chi connectivity index (χ1n) is 12.9. The molecule has 0 atom stereocenters. The molecule has 0 radical (unpaired) electrons. The number of aliphatic carboxylic acids is 1. The number of amides is 1. The van der Waals surface area contributed by atoms with Crippen molar-refractivity contribution in [3.8, 4) is 5.75 Å². The van der Waals surface area contributed by atoms with Crippen molar-refractivity contribution < 1.29 is 24.2 Å². The largest absolute Gasteiger partial charge is 0.489 e. The second-order valence-corrected chi connectivity index (χ2v) is 9.70. The topological polar surface area (TPSA) is 84.9 Å². The predicted molar refractivity (Wildman–Crippen MR) is 146 cm³/mol. The summed E-state index contributed by atoms with van der Waals surface area (Å²) in [6.07, 6.45) is 1.52. The van der Waals surface area contributed by atoms with Crippen LogP contribution in [0.1, 0.15) is 46.3 Å². The molecule has 0 spiro atoms. The summed E-state index contributed by atoms with van der Waals surface area (Å²) < 4.78 is 11.6. The molecular formula is C32H31NO5. The van der Waals surface area contributed by atoms with Gasteiger partial charge < -0.3 is 19.9 Å². The van der Waals surface area contributed by atoms with Gasteiger partial charge >= 0.3 is 5.97 Å². The Hall–Kier alpha value is -4.16. The molecule has 4 aromatic carbocycles. The molecule has 1 saturated heterocycles. The second kappa shape index (κ2) is 11.5. The molecule has 1 heterocycles. The van der Waals surface area contributed by atoms with E-state index in [9.17, 15) is 14.7 Å². The maximum Gasteiger partial charge on any atom is 0.303 e. The minimum Gasteiger partial charge on any atom is -0.489 e. The first kappa shape index (κ1) is 25.5. The number of carboxylic acid groups (broad SMARTS) is 1. The fourth-order valence-corrected chi connectivity index (χ4v) is 5.05. The third-order valence-corrected chi connectivity index (χ3v) is 7.18. The van der Waals surface area contributed by atoms with Gasteiger partial charge in [0.15, 0.2) is 0 Å². The number of carbonyl (C=O) groups is 2. The van der Waals surface area contributed by atoms with Gasteiger partial charge in [0.25, 0.3) is 5.91 Å². The maximum absolute atomic E-state index is 13.9. The number of benzene rings is 4. The van der Waals surface area contributed by atoms with Crippen molar-refractivity contribution in [1.82, 2.24) is 5.32 Å². The Bertz CT molecular complexity index is 1430. The quantitative estimate of drug-likeness (QED) is 0.295. The highest BCUT2D eigenvalue weighted by atomic mass is 16.5. The van der Waals surface area contributed by atoms with Crippen LogP contribution in [0.25, 0.3) is 10.8 Å². The summed E-state index contributed by atoms with van der Waals surface area (Å²) in [6.45, 7) is 1.39. The number of para-hydroxylation sites is 1. The average molecular weight is 510 g/mol. The van der Waals surface area contributed by atoms with Gasteiger partial charge in [-0.05, 0) is 71.0 Å². The monoisotopic (exact) mass is 509 g/mol. The van der Waals surface area contributed by atoms with Gasteiger partial charge in [-0.1, -0.05) is 66.7 Å². The van der Waals surface area contributed by atoms with Crippen molar-refractivity contribution >= 4 is 22.6 Å². The van der Waals surface area contributed by atoms with E-state index in [0.717, 1.165) is 27.6 Å². The Morgan fingerprint density at radius 3 is 2.37 bits per heavy atom. The molecule has 0 unspecified atom stereocenters. The highest BCUT2D eigenvalue weighted by molar-refractivity contribution is 5.97. The lowest BCUT2D eigenvalue weighted by atomic mass is 9.81. The molecule has 2 N–H and O–H groups in total. The summed E-state index contributed by atoms with van der Waals surface area (Å²) in [5.74, 6) is -0.377. The van der Waals surface area contributed by atoms with Crippen LogP contribution in [0.3, 0.4) is 0 Å². The van der Waals surface area contributed by atoms with Gasteiger partial charge in [0.05, 0.1) is 5.54 Å². The molecule has 6 heteroatoms. The molecule has 1 fully saturated rings. The third kappa shape index (κ3) is 5.87. The third-order valence-electron chi connectivity index (χ3n) is 7.18. The summed E-state index contributed by atoms with van der Waals surface area (Å²) >= 11 is 0. The van der Waals surface area contributed by atoms with Crippen molar-refractivity contribution in [2.75, 3.05) is 13.2 Å². The molecule has 38 heavy (non-hydrogen) atoms. The van der Waals surface area contributed by atoms with Gasteiger partial charge in [0.1, 0.15) is 12.4 Å². The molecule has 194 valence electrons. The molecule has 0 aromatic heterocycles. The van der Waals surface area contributed by atoms with Crippen LogP contribution in [-0.4, -0.2) is 30.2 Å². The van der Waals surface area contributed by atoms with Crippen LogP contribution in [-0.2, 0) is 28.1 Å². The molecule has 4 aromatic rings. The van der Waals surface area contributed by atoms with E-state index < -0.39 is 11.5 Å². The van der Waals surface area contributed by atoms with Crippen molar-refractivity contribution in [1.29, 1.82) is 0 Å². The normalized spacial score (nSPS) is 14.6. The van der Waals surface area contributed by atoms with Crippen molar-refractivity contribution in [3.63, 3.8) is 0 Å². The lowest BCUT2D eigenvalue weighted by Gasteiger charge is -2.39. The molecule has 1 aliphatic heterocycles. The van der Waals surface area contributed by atoms with Crippen LogP contribution in [0.4, 0.5) is 0 Å². The predicted octanol–water partition coefficient (Wildman–Crippen LogP) is 5.87. The highest BCUT2D eigenvalue weighted by Gasteiger charge is 2.36. The molecule has 1 aliphatic rings. The number of hydrogen-bond donors (Lipinski definition) is 2. The number of carboxylic acids is 1. The molecule has 0 saturated carbocycles. The Kier molecular flexibility index (Phi) is 7.70. The van der Waals surface area contributed by atoms with Crippen LogP contribution >= 0.6 is 0 Å². The van der Waals surface area contributed by atoms with Gasteiger partial charge in [-0.2, -0.15) is 0 Å². The van der Waals surface area contributed by atoms with Gasteiger partial charge in [-0.3, -0.25) is 9.59 Å². The summed E-state index contributed by atoms with van der Waals surface area (Å²) in [6, 6.07) is 29.6. The number of nitrogens with one attached hydrogen (secondary N) is 1. The Balaban J connectivity index is 1.45. The molecule has 0 aliphatic carbocycles. The first-order chi connectivity index (χ1) is 18.5. The van der Waals surface area contributed by atoms with Gasteiger partial charge in [0.2, 0.25) is 0 Å². The van der Waals surface area contributed by atoms with Crippen molar-refractivity contribution in [2.45, 2.75) is 37.8 Å². The number of hydrogen-bond acceptors (Lipinski definition) is 4. The second-order valence-electron chi connectivity index (χ2n) is 9.70. The van der Waals surface area contributed by atoms with Gasteiger partial charge in [0, 0.05) is 25.2 Å². The van der Waals surface area contributed by atoms with E-state index in [1.807, 2.05) is 60.7 Å². The summed E-state index contributed by atoms with van der Waals surface area (Å²) in [4.78, 5) is 25.2. The summed E-state index contributed by atoms with van der Waals surface area (Å²) in [5.41, 5.74) is 2.48. The smallest absolute Gasteiger partial charge is 0.303 e.